The van der Waals surface area contributed by atoms with Gasteiger partial charge in [-0.2, -0.15) is 0 Å². The van der Waals surface area contributed by atoms with E-state index in [-0.39, 0.29) is 12.4 Å². The molecule has 2 aromatic carbocycles. The van der Waals surface area contributed by atoms with Crippen molar-refractivity contribution in [3.63, 3.8) is 0 Å². The largest absolute Gasteiger partial charge is 1.00 e. The summed E-state index contributed by atoms with van der Waals surface area (Å²) in [5.74, 6) is 0. The van der Waals surface area contributed by atoms with Crippen LogP contribution in [-0.2, 0) is 0 Å². The van der Waals surface area contributed by atoms with Gasteiger partial charge in [0, 0.05) is 0 Å². The van der Waals surface area contributed by atoms with Gasteiger partial charge in [-0.3, -0.25) is 0 Å². The molecule has 0 aliphatic carbocycles. The molecule has 110 valence electrons. The maximum Gasteiger partial charge on any atom is -1.00 e. The van der Waals surface area contributed by atoms with E-state index in [4.69, 9.17) is 4.98 Å². The molecular weight excluding hydrogens is 349 g/mol. The summed E-state index contributed by atoms with van der Waals surface area (Å²) in [6.45, 7) is 0. The Morgan fingerprint density at radius 3 is 1.57 bits per heavy atom. The molecule has 3 aromatic rings. The van der Waals surface area contributed by atoms with E-state index in [9.17, 15) is 0 Å². The predicted octanol–water partition coefficient (Wildman–Crippen LogP) is -0.138. The first kappa shape index (κ1) is 16.0. The maximum atomic E-state index is 4.79. The smallest absolute Gasteiger partial charge is 1.00 e. The molecule has 0 radical (unpaired) electrons. The molecule has 0 aliphatic rings. The van der Waals surface area contributed by atoms with Gasteiger partial charge < -0.3 is 12.4 Å². The molecule has 0 saturated carbocycles. The Kier molecular flexibility index (Phi) is 4.72. The number of anilines is 2. The van der Waals surface area contributed by atoms with Crippen molar-refractivity contribution in [3.05, 3.63) is 36.4 Å². The third kappa shape index (κ3) is 3.13. The average molecular weight is 367 g/mol. The number of hydrogen-bond acceptors (Lipinski definition) is 3. The summed E-state index contributed by atoms with van der Waals surface area (Å²) >= 11 is 0.324. The van der Waals surface area contributed by atoms with Crippen LogP contribution in [0.2, 0.25) is 0 Å². The van der Waals surface area contributed by atoms with Crippen molar-refractivity contribution in [1.82, 2.24) is 4.98 Å². The molecule has 0 amide bonds. The molecule has 0 N–H and O–H groups in total. The van der Waals surface area contributed by atoms with Gasteiger partial charge in [0.25, 0.3) is 0 Å². The Labute approximate surface area is 137 Å². The normalized spacial score (nSPS) is 10.5. The summed E-state index contributed by atoms with van der Waals surface area (Å²) in [5, 5.41) is 0. The van der Waals surface area contributed by atoms with Crippen LogP contribution >= 0.6 is 0 Å². The van der Waals surface area contributed by atoms with Gasteiger partial charge >= 0.3 is 125 Å². The zero-order valence-corrected chi connectivity index (χ0v) is 15.1. The fourth-order valence-electron chi connectivity index (χ4n) is 2.16. The van der Waals surface area contributed by atoms with E-state index in [2.05, 4.69) is 74.4 Å². The minimum atomic E-state index is 0. The van der Waals surface area contributed by atoms with E-state index >= 15 is 0 Å². The van der Waals surface area contributed by atoms with E-state index in [0.717, 1.165) is 11.0 Å². The van der Waals surface area contributed by atoms with Crippen LogP contribution in [0.25, 0.3) is 19.6 Å². The molecule has 21 heavy (non-hydrogen) atoms. The second-order valence-corrected chi connectivity index (χ2v) is 7.58. The van der Waals surface area contributed by atoms with Gasteiger partial charge in [-0.1, -0.05) is 0 Å². The number of aromatic nitrogens is 1. The van der Waals surface area contributed by atoms with Crippen LogP contribution in [0, 0.1) is 0 Å². The van der Waals surface area contributed by atoms with Crippen LogP contribution in [0.1, 0.15) is 0 Å². The van der Waals surface area contributed by atoms with Gasteiger partial charge in [-0.05, 0) is 0 Å². The fourth-order valence-corrected chi connectivity index (χ4v) is 4.33. The van der Waals surface area contributed by atoms with Crippen LogP contribution in [0.4, 0.5) is 11.4 Å². The van der Waals surface area contributed by atoms with Crippen LogP contribution in [0.15, 0.2) is 36.4 Å². The SMILES string of the molecule is CN(C)c1ccc2nc3ccc(N(C)C)cc3[se+]c2c1.[Cl-]. The molecule has 3 rings (SSSR count). The quantitative estimate of drug-likeness (QED) is 0.465. The van der Waals surface area contributed by atoms with Gasteiger partial charge in [-0.25, -0.2) is 0 Å². The zero-order chi connectivity index (χ0) is 14.3. The standard InChI is InChI=1S/C16H18N3Se.ClH/c1-18(2)11-5-7-13-15(9-11)20-16-10-12(19(3)4)6-8-14(16)17-13;/h5-10H,1-4H3;1H/q+1;/p-1. The number of halogens is 1. The van der Waals surface area contributed by atoms with Crippen LogP contribution in [0.5, 0.6) is 0 Å². The molecule has 5 heteroatoms. The summed E-state index contributed by atoms with van der Waals surface area (Å²) in [4.78, 5) is 9.07. The van der Waals surface area contributed by atoms with Crippen molar-refractivity contribution >= 4 is 45.4 Å². The van der Waals surface area contributed by atoms with E-state index in [1.54, 1.807) is 0 Å². The second-order valence-electron chi connectivity index (χ2n) is 5.31. The van der Waals surface area contributed by atoms with Crippen LogP contribution < -0.4 is 22.2 Å². The Bertz CT molecular complexity index is 724. The molecular formula is C16H18ClN3Se. The number of hydrogen-bond donors (Lipinski definition) is 0. The van der Waals surface area contributed by atoms with E-state index in [1.807, 2.05) is 0 Å². The van der Waals surface area contributed by atoms with Crippen LogP contribution in [-0.4, -0.2) is 47.7 Å². The monoisotopic (exact) mass is 367 g/mol. The summed E-state index contributed by atoms with van der Waals surface area (Å²) < 4.78 is 2.74. The zero-order valence-electron chi connectivity index (χ0n) is 12.6. The van der Waals surface area contributed by atoms with Gasteiger partial charge in [-0.15, -0.1) is 0 Å². The van der Waals surface area contributed by atoms with E-state index < -0.39 is 0 Å². The van der Waals surface area contributed by atoms with Crippen molar-refractivity contribution < 1.29 is 12.4 Å². The third-order valence-electron chi connectivity index (χ3n) is 3.38. The molecule has 0 aliphatic heterocycles. The third-order valence-corrected chi connectivity index (χ3v) is 5.68. The fraction of sp³-hybridized carbons (Fsp3) is 0.250. The maximum absolute atomic E-state index is 4.79. The molecule has 0 unspecified atom stereocenters. The van der Waals surface area contributed by atoms with Crippen molar-refractivity contribution in [2.45, 2.75) is 0 Å². The Morgan fingerprint density at radius 1 is 0.762 bits per heavy atom. The van der Waals surface area contributed by atoms with Gasteiger partial charge in [0.1, 0.15) is 0 Å². The predicted molar refractivity (Wildman–Crippen MR) is 89.3 cm³/mol. The summed E-state index contributed by atoms with van der Waals surface area (Å²) in [6.07, 6.45) is 0. The molecule has 1 heterocycles. The first-order chi connectivity index (χ1) is 9.54. The molecule has 0 atom stereocenters. The molecule has 1 aromatic heterocycles. The van der Waals surface area contributed by atoms with Gasteiger partial charge in [0.15, 0.2) is 0 Å². The van der Waals surface area contributed by atoms with E-state index in [0.29, 0.717) is 14.5 Å². The minimum absolute atomic E-state index is 0. The summed E-state index contributed by atoms with van der Waals surface area (Å²) in [5.41, 5.74) is 4.74. The van der Waals surface area contributed by atoms with Crippen molar-refractivity contribution in [3.8, 4) is 0 Å². The second kappa shape index (κ2) is 6.18. The number of fused-ring (bicyclic) bond motifs is 2. The van der Waals surface area contributed by atoms with Crippen molar-refractivity contribution in [2.75, 3.05) is 38.0 Å². The topological polar surface area (TPSA) is 19.4 Å². The first-order valence-corrected chi connectivity index (χ1v) is 8.28. The molecule has 0 fully saturated rings. The molecule has 3 nitrogen and oxygen atoms in total. The Morgan fingerprint density at radius 2 is 1.19 bits per heavy atom. The van der Waals surface area contributed by atoms with Gasteiger partial charge in [0.05, 0.1) is 0 Å². The Hall–Kier alpha value is -1.35. The summed E-state index contributed by atoms with van der Waals surface area (Å²) in [7, 11) is 8.30. The number of nitrogens with zero attached hydrogens (tertiary/aromatic N) is 3. The number of rotatable bonds is 2. The first-order valence-electron chi connectivity index (χ1n) is 6.57. The van der Waals surface area contributed by atoms with Crippen molar-refractivity contribution in [1.29, 1.82) is 0 Å². The van der Waals surface area contributed by atoms with Crippen molar-refractivity contribution in [2.24, 2.45) is 0 Å². The number of benzene rings is 2. The summed E-state index contributed by atoms with van der Waals surface area (Å²) in [6, 6.07) is 13.1. The van der Waals surface area contributed by atoms with Crippen LogP contribution in [0.3, 0.4) is 0 Å². The Balaban J connectivity index is 0.00000161. The van der Waals surface area contributed by atoms with E-state index in [1.165, 1.54) is 19.9 Å². The van der Waals surface area contributed by atoms with Gasteiger partial charge in [0.2, 0.25) is 0 Å². The molecule has 0 spiro atoms. The minimum Gasteiger partial charge on any atom is -1.00 e. The molecule has 0 saturated heterocycles. The molecule has 0 bridgehead atoms. The average Bonchev–Trinajstić information content (AvgIpc) is 2.43.